The number of hydrogen-bond donors (Lipinski definition) is 0. The first-order valence-electron chi connectivity index (χ1n) is 10.7. The number of hydrogen-bond acceptors (Lipinski definition) is 6. The van der Waals surface area contributed by atoms with Gasteiger partial charge in [0.2, 0.25) is 0 Å². The first-order valence-corrected chi connectivity index (χ1v) is 10.7. The number of aromatic nitrogens is 1. The van der Waals surface area contributed by atoms with E-state index in [0.717, 1.165) is 29.9 Å². The van der Waals surface area contributed by atoms with Crippen LogP contribution in [0.1, 0.15) is 84.5 Å². The molecule has 0 saturated heterocycles. The second-order valence-corrected chi connectivity index (χ2v) is 9.54. The highest BCUT2D eigenvalue weighted by molar-refractivity contribution is 5.88. The molecule has 166 valence electrons. The van der Waals surface area contributed by atoms with Gasteiger partial charge in [0.15, 0.2) is 0 Å². The topological polar surface area (TPSA) is 81.1 Å². The van der Waals surface area contributed by atoms with Crippen LogP contribution in [-0.4, -0.2) is 46.0 Å². The summed E-state index contributed by atoms with van der Waals surface area (Å²) in [7, 11) is 0. The Labute approximate surface area is 179 Å². The number of aliphatic imine (C=N–C) groups is 1. The van der Waals surface area contributed by atoms with Crippen molar-refractivity contribution >= 4 is 18.4 Å². The third kappa shape index (κ3) is 7.76. The van der Waals surface area contributed by atoms with Gasteiger partial charge in [-0.15, -0.1) is 0 Å². The van der Waals surface area contributed by atoms with Crippen LogP contribution in [0.15, 0.2) is 23.3 Å². The molecule has 1 aromatic heterocycles. The van der Waals surface area contributed by atoms with Gasteiger partial charge in [0.25, 0.3) is 0 Å². The van der Waals surface area contributed by atoms with Gasteiger partial charge in [0.1, 0.15) is 11.2 Å². The monoisotopic (exact) mass is 417 g/mol. The highest BCUT2D eigenvalue weighted by atomic mass is 16.6. The zero-order chi connectivity index (χ0) is 22.4. The first kappa shape index (κ1) is 23.8. The van der Waals surface area contributed by atoms with Crippen LogP contribution in [0.3, 0.4) is 0 Å². The van der Waals surface area contributed by atoms with E-state index in [1.807, 2.05) is 18.5 Å². The van der Waals surface area contributed by atoms with E-state index >= 15 is 0 Å². The lowest BCUT2D eigenvalue weighted by atomic mass is 9.92. The predicted octanol–water partition coefficient (Wildman–Crippen LogP) is 5.48. The summed E-state index contributed by atoms with van der Waals surface area (Å²) in [5.74, 6) is 0. The molecule has 7 nitrogen and oxygen atoms in total. The third-order valence-electron chi connectivity index (χ3n) is 4.39. The smallest absolute Gasteiger partial charge is 0.419 e. The number of unbranched alkanes of at least 4 members (excludes halogenated alkanes) is 1. The fourth-order valence-corrected chi connectivity index (χ4v) is 3.16. The van der Waals surface area contributed by atoms with Crippen molar-refractivity contribution in [2.75, 3.05) is 6.54 Å². The van der Waals surface area contributed by atoms with E-state index in [1.54, 1.807) is 41.5 Å². The molecule has 1 atom stereocenters. The Hall–Kier alpha value is -2.44. The van der Waals surface area contributed by atoms with Crippen LogP contribution < -0.4 is 0 Å². The van der Waals surface area contributed by atoms with Crippen molar-refractivity contribution in [1.29, 1.82) is 0 Å². The third-order valence-corrected chi connectivity index (χ3v) is 4.39. The molecule has 0 bridgehead atoms. The fourth-order valence-electron chi connectivity index (χ4n) is 3.16. The first-order chi connectivity index (χ1) is 14.0. The standard InChI is InChI=1S/C23H35N3O4/c1-22(2,3)29-20(27)26(21(28)30-23(4,5)6)16-8-7-14-24-18-13-9-11-17-12-10-15-25-19(17)18/h10,12,14-15,18H,7-9,11,13,16H2,1-6H3/b24-14-/t18-/m0/s1. The molecule has 1 aliphatic rings. The Balaban J connectivity index is 1.94. The number of amides is 2. The number of ether oxygens (including phenoxy) is 2. The van der Waals surface area contributed by atoms with Crippen LogP contribution in [-0.2, 0) is 15.9 Å². The summed E-state index contributed by atoms with van der Waals surface area (Å²) in [6, 6.07) is 4.17. The maximum absolute atomic E-state index is 12.5. The van der Waals surface area contributed by atoms with E-state index in [0.29, 0.717) is 12.8 Å². The van der Waals surface area contributed by atoms with Crippen molar-refractivity contribution < 1.29 is 19.1 Å². The van der Waals surface area contributed by atoms with Crippen LogP contribution in [0.5, 0.6) is 0 Å². The molecule has 2 amide bonds. The van der Waals surface area contributed by atoms with E-state index in [2.05, 4.69) is 11.1 Å². The molecule has 0 fully saturated rings. The molecule has 0 unspecified atom stereocenters. The normalized spacial score (nSPS) is 16.8. The largest absolute Gasteiger partial charge is 0.443 e. The maximum Gasteiger partial charge on any atom is 0.419 e. The molecule has 7 heteroatoms. The average Bonchev–Trinajstić information content (AvgIpc) is 2.61. The quantitative estimate of drug-likeness (QED) is 0.468. The summed E-state index contributed by atoms with van der Waals surface area (Å²) >= 11 is 0. The number of carbonyl (C=O) groups excluding carboxylic acids is 2. The van der Waals surface area contributed by atoms with Crippen molar-refractivity contribution in [3.63, 3.8) is 0 Å². The molecule has 0 aliphatic heterocycles. The second kappa shape index (κ2) is 10.0. The van der Waals surface area contributed by atoms with Gasteiger partial charge in [-0.3, -0.25) is 9.98 Å². The minimum atomic E-state index is -0.695. The summed E-state index contributed by atoms with van der Waals surface area (Å²) in [6.45, 7) is 10.8. The predicted molar refractivity (Wildman–Crippen MR) is 117 cm³/mol. The fraction of sp³-hybridized carbons (Fsp3) is 0.652. The SMILES string of the molecule is CC(C)(C)OC(=O)N(CCC/C=N\[C@H]1CCCc2cccnc21)C(=O)OC(C)(C)C. The van der Waals surface area contributed by atoms with Gasteiger partial charge in [-0.25, -0.2) is 14.5 Å². The molecule has 0 spiro atoms. The van der Waals surface area contributed by atoms with Crippen molar-refractivity contribution in [2.45, 2.75) is 90.9 Å². The number of aryl methyl sites for hydroxylation is 1. The van der Waals surface area contributed by atoms with Gasteiger partial charge < -0.3 is 9.47 Å². The molecule has 1 aliphatic carbocycles. The second-order valence-electron chi connectivity index (χ2n) is 9.54. The van der Waals surface area contributed by atoms with Crippen LogP contribution in [0.25, 0.3) is 0 Å². The number of fused-ring (bicyclic) bond motifs is 1. The Kier molecular flexibility index (Phi) is 7.98. The Morgan fingerprint density at radius 1 is 1.17 bits per heavy atom. The highest BCUT2D eigenvalue weighted by Crippen LogP contribution is 2.30. The zero-order valence-electron chi connectivity index (χ0n) is 19.1. The lowest BCUT2D eigenvalue weighted by molar-refractivity contribution is 0.00139. The maximum atomic E-state index is 12.5. The average molecular weight is 418 g/mol. The summed E-state index contributed by atoms with van der Waals surface area (Å²) < 4.78 is 10.7. The van der Waals surface area contributed by atoms with Crippen LogP contribution in [0.2, 0.25) is 0 Å². The van der Waals surface area contributed by atoms with E-state index in [4.69, 9.17) is 14.5 Å². The highest BCUT2D eigenvalue weighted by Gasteiger charge is 2.30. The Morgan fingerprint density at radius 3 is 2.40 bits per heavy atom. The van der Waals surface area contributed by atoms with Crippen molar-refractivity contribution in [3.8, 4) is 0 Å². The van der Waals surface area contributed by atoms with Gasteiger partial charge >= 0.3 is 12.2 Å². The number of imide groups is 1. The summed E-state index contributed by atoms with van der Waals surface area (Å²) in [6.07, 6.45) is 6.65. The summed E-state index contributed by atoms with van der Waals surface area (Å²) in [4.78, 5) is 35.2. The molecule has 0 N–H and O–H groups in total. The minimum absolute atomic E-state index is 0.0859. The lowest BCUT2D eigenvalue weighted by Gasteiger charge is -2.28. The molecule has 30 heavy (non-hydrogen) atoms. The molecular formula is C23H35N3O4. The lowest BCUT2D eigenvalue weighted by Crippen LogP contribution is -2.44. The van der Waals surface area contributed by atoms with Crippen LogP contribution in [0.4, 0.5) is 9.59 Å². The summed E-state index contributed by atoms with van der Waals surface area (Å²) in [5.41, 5.74) is 0.941. The van der Waals surface area contributed by atoms with Crippen LogP contribution >= 0.6 is 0 Å². The molecule has 2 rings (SSSR count). The number of rotatable bonds is 5. The van der Waals surface area contributed by atoms with Gasteiger partial charge in [0, 0.05) is 12.7 Å². The Morgan fingerprint density at radius 2 is 1.80 bits per heavy atom. The zero-order valence-corrected chi connectivity index (χ0v) is 19.1. The number of carbonyl (C=O) groups is 2. The molecule has 1 aromatic rings. The van der Waals surface area contributed by atoms with Gasteiger partial charge in [-0.1, -0.05) is 6.07 Å². The van der Waals surface area contributed by atoms with Crippen molar-refractivity contribution in [2.24, 2.45) is 4.99 Å². The molecule has 0 aromatic carbocycles. The van der Waals surface area contributed by atoms with E-state index in [-0.39, 0.29) is 12.6 Å². The van der Waals surface area contributed by atoms with E-state index in [9.17, 15) is 9.59 Å². The van der Waals surface area contributed by atoms with Crippen LogP contribution in [0, 0.1) is 0 Å². The molecule has 0 radical (unpaired) electrons. The van der Waals surface area contributed by atoms with E-state index in [1.165, 1.54) is 5.56 Å². The van der Waals surface area contributed by atoms with Crippen molar-refractivity contribution in [3.05, 3.63) is 29.6 Å². The van der Waals surface area contributed by atoms with Gasteiger partial charge in [-0.05, 0) is 91.5 Å². The molecule has 1 heterocycles. The minimum Gasteiger partial charge on any atom is -0.443 e. The van der Waals surface area contributed by atoms with Crippen molar-refractivity contribution in [1.82, 2.24) is 9.88 Å². The van der Waals surface area contributed by atoms with Gasteiger partial charge in [0.05, 0.1) is 11.7 Å². The molecule has 0 saturated carbocycles. The Bertz CT molecular complexity index is 734. The van der Waals surface area contributed by atoms with Gasteiger partial charge in [-0.2, -0.15) is 0 Å². The number of pyridine rings is 1. The summed E-state index contributed by atoms with van der Waals surface area (Å²) in [5, 5.41) is 0. The molecular weight excluding hydrogens is 382 g/mol. The van der Waals surface area contributed by atoms with E-state index < -0.39 is 23.4 Å². The number of nitrogens with zero attached hydrogens (tertiary/aromatic N) is 3.